The van der Waals surface area contributed by atoms with Crippen molar-refractivity contribution in [1.82, 2.24) is 10.3 Å². The first-order valence-electron chi connectivity index (χ1n) is 7.27. The zero-order chi connectivity index (χ0) is 17.1. The molecular weight excluding hydrogens is 411 g/mol. The molecule has 3 nitrogen and oxygen atoms in total. The van der Waals surface area contributed by atoms with Crippen LogP contribution in [0.1, 0.15) is 20.2 Å². The minimum absolute atomic E-state index is 0.284. The van der Waals surface area contributed by atoms with Gasteiger partial charge in [0.15, 0.2) is 0 Å². The zero-order valence-corrected chi connectivity index (χ0v) is 16.0. The van der Waals surface area contributed by atoms with Gasteiger partial charge in [0.25, 0.3) is 5.91 Å². The molecule has 0 radical (unpaired) electrons. The van der Waals surface area contributed by atoms with Crippen molar-refractivity contribution in [2.24, 2.45) is 0 Å². The van der Waals surface area contributed by atoms with Crippen LogP contribution in [0.25, 0.3) is 10.6 Å². The molecule has 24 heavy (non-hydrogen) atoms. The number of hydrogen-bond donors (Lipinski definition) is 1. The van der Waals surface area contributed by atoms with Gasteiger partial charge >= 0.3 is 0 Å². The Labute approximate surface area is 155 Å². The first-order chi connectivity index (χ1) is 11.5. The molecule has 0 atom stereocenters. The molecule has 0 saturated carbocycles. The summed E-state index contributed by atoms with van der Waals surface area (Å²) in [6.07, 6.45) is 0.729. The highest BCUT2D eigenvalue weighted by Gasteiger charge is 2.11. The number of nitrogens with zero attached hydrogens (tertiary/aromatic N) is 1. The maximum Gasteiger partial charge on any atom is 0.252 e. The van der Waals surface area contributed by atoms with Crippen LogP contribution in [0, 0.1) is 12.7 Å². The molecule has 0 spiro atoms. The Morgan fingerprint density at radius 3 is 2.92 bits per heavy atom. The third kappa shape index (κ3) is 4.09. The van der Waals surface area contributed by atoms with E-state index in [4.69, 9.17) is 0 Å². The summed E-state index contributed by atoms with van der Waals surface area (Å²) in [5, 5.41) is 5.92. The van der Waals surface area contributed by atoms with Gasteiger partial charge in [-0.05, 0) is 59.6 Å². The molecule has 0 bridgehead atoms. The quantitative estimate of drug-likeness (QED) is 0.622. The van der Waals surface area contributed by atoms with E-state index in [0.717, 1.165) is 22.0 Å². The maximum atomic E-state index is 13.3. The minimum atomic E-state index is -0.426. The summed E-state index contributed by atoms with van der Waals surface area (Å²) in [7, 11) is 0. The highest BCUT2D eigenvalue weighted by atomic mass is 79.9. The van der Waals surface area contributed by atoms with E-state index < -0.39 is 5.82 Å². The first kappa shape index (κ1) is 17.3. The van der Waals surface area contributed by atoms with Crippen LogP contribution in [0.5, 0.6) is 0 Å². The topological polar surface area (TPSA) is 42.0 Å². The Morgan fingerprint density at radius 1 is 1.33 bits per heavy atom. The minimum Gasteiger partial charge on any atom is -0.352 e. The normalized spacial score (nSPS) is 10.8. The number of aryl methyl sites for hydroxylation is 1. The fourth-order valence-electron chi connectivity index (χ4n) is 2.19. The zero-order valence-electron chi connectivity index (χ0n) is 12.8. The number of thiophene rings is 1. The molecule has 0 aliphatic rings. The SMILES string of the molecule is Cc1nc(-c2ccc(CCNC(=O)c3cc(F)ccc3Br)s2)cs1. The lowest BCUT2D eigenvalue weighted by atomic mass is 10.2. The van der Waals surface area contributed by atoms with Crippen LogP contribution >= 0.6 is 38.6 Å². The molecule has 1 aromatic carbocycles. The van der Waals surface area contributed by atoms with E-state index in [1.54, 1.807) is 22.7 Å². The fourth-order valence-corrected chi connectivity index (χ4v) is 4.27. The van der Waals surface area contributed by atoms with Gasteiger partial charge in [0, 0.05) is 21.3 Å². The van der Waals surface area contributed by atoms with Crippen molar-refractivity contribution >= 4 is 44.5 Å². The van der Waals surface area contributed by atoms with Gasteiger partial charge in [-0.1, -0.05) is 0 Å². The molecule has 0 saturated heterocycles. The number of benzene rings is 1. The Bertz CT molecular complexity index is 875. The molecule has 124 valence electrons. The molecule has 0 aliphatic carbocycles. The van der Waals surface area contributed by atoms with E-state index in [1.165, 1.54) is 23.1 Å². The van der Waals surface area contributed by atoms with Crippen LogP contribution in [0.4, 0.5) is 4.39 Å². The summed E-state index contributed by atoms with van der Waals surface area (Å²) < 4.78 is 13.8. The number of rotatable bonds is 5. The molecule has 0 fully saturated rings. The molecule has 1 amide bonds. The molecule has 7 heteroatoms. The van der Waals surface area contributed by atoms with Crippen molar-refractivity contribution in [3.8, 4) is 10.6 Å². The van der Waals surface area contributed by atoms with Crippen molar-refractivity contribution in [2.75, 3.05) is 6.54 Å². The molecule has 2 aromatic heterocycles. The number of hydrogen-bond acceptors (Lipinski definition) is 4. The average Bonchev–Trinajstić information content (AvgIpc) is 3.18. The molecule has 3 rings (SSSR count). The van der Waals surface area contributed by atoms with E-state index in [9.17, 15) is 9.18 Å². The van der Waals surface area contributed by atoms with Gasteiger partial charge in [0.2, 0.25) is 0 Å². The van der Waals surface area contributed by atoms with Crippen LogP contribution < -0.4 is 5.32 Å². The average molecular weight is 425 g/mol. The van der Waals surface area contributed by atoms with Crippen molar-refractivity contribution in [3.63, 3.8) is 0 Å². The van der Waals surface area contributed by atoms with Crippen molar-refractivity contribution < 1.29 is 9.18 Å². The van der Waals surface area contributed by atoms with Gasteiger partial charge in [-0.3, -0.25) is 4.79 Å². The Balaban J connectivity index is 1.58. The lowest BCUT2D eigenvalue weighted by molar-refractivity contribution is 0.0953. The van der Waals surface area contributed by atoms with Gasteiger partial charge in [0.1, 0.15) is 5.82 Å². The Morgan fingerprint density at radius 2 is 2.17 bits per heavy atom. The van der Waals surface area contributed by atoms with E-state index in [0.29, 0.717) is 16.6 Å². The van der Waals surface area contributed by atoms with Gasteiger partial charge in [-0.25, -0.2) is 9.37 Å². The standard InChI is InChI=1S/C17H14BrFN2OS2/c1-10-21-15(9-23-10)16-5-3-12(24-16)6-7-20-17(22)13-8-11(19)2-4-14(13)18/h2-5,8-9H,6-7H2,1H3,(H,20,22). The van der Waals surface area contributed by atoms with Crippen LogP contribution in [0.3, 0.4) is 0 Å². The second-order valence-corrected chi connectivity index (χ2v) is 8.23. The van der Waals surface area contributed by atoms with Crippen LogP contribution in [-0.4, -0.2) is 17.4 Å². The van der Waals surface area contributed by atoms with Gasteiger partial charge in [0.05, 0.1) is 21.1 Å². The lowest BCUT2D eigenvalue weighted by Gasteiger charge is -2.06. The van der Waals surface area contributed by atoms with Gasteiger partial charge in [-0.15, -0.1) is 22.7 Å². The molecule has 3 aromatic rings. The molecular formula is C17H14BrFN2OS2. The summed E-state index contributed by atoms with van der Waals surface area (Å²) >= 11 is 6.58. The third-order valence-electron chi connectivity index (χ3n) is 3.36. The summed E-state index contributed by atoms with van der Waals surface area (Å²) in [5.41, 5.74) is 1.31. The van der Waals surface area contributed by atoms with Crippen molar-refractivity contribution in [1.29, 1.82) is 0 Å². The number of carbonyl (C=O) groups is 1. The summed E-state index contributed by atoms with van der Waals surface area (Å²) in [6, 6.07) is 8.19. The second-order valence-electron chi connectivity index (χ2n) is 5.15. The predicted octanol–water partition coefficient (Wildman–Crippen LogP) is 5.05. The number of aromatic nitrogens is 1. The fraction of sp³-hybridized carbons (Fsp3) is 0.176. The number of halogens is 2. The van der Waals surface area contributed by atoms with Crippen molar-refractivity contribution in [3.05, 3.63) is 61.5 Å². The van der Waals surface area contributed by atoms with E-state index in [2.05, 4.69) is 38.4 Å². The van der Waals surface area contributed by atoms with E-state index >= 15 is 0 Å². The number of nitrogens with one attached hydrogen (secondary N) is 1. The van der Waals surface area contributed by atoms with Crippen LogP contribution in [0.15, 0.2) is 40.2 Å². The lowest BCUT2D eigenvalue weighted by Crippen LogP contribution is -2.25. The Kier molecular flexibility index (Phi) is 5.43. The summed E-state index contributed by atoms with van der Waals surface area (Å²) in [4.78, 5) is 18.9. The molecule has 1 N–H and O–H groups in total. The summed E-state index contributed by atoms with van der Waals surface area (Å²) in [6.45, 7) is 2.49. The molecule has 0 aliphatic heterocycles. The monoisotopic (exact) mass is 424 g/mol. The first-order valence-corrected chi connectivity index (χ1v) is 9.76. The molecule has 0 unspecified atom stereocenters. The Hall–Kier alpha value is -1.57. The van der Waals surface area contributed by atoms with Crippen molar-refractivity contribution in [2.45, 2.75) is 13.3 Å². The summed E-state index contributed by atoms with van der Waals surface area (Å²) in [5.74, 6) is -0.710. The second kappa shape index (κ2) is 7.55. The van der Waals surface area contributed by atoms with E-state index in [-0.39, 0.29) is 5.91 Å². The predicted molar refractivity (Wildman–Crippen MR) is 100 cm³/mol. The van der Waals surface area contributed by atoms with E-state index in [1.807, 2.05) is 12.3 Å². The number of carbonyl (C=O) groups excluding carboxylic acids is 1. The van der Waals surface area contributed by atoms with Gasteiger partial charge < -0.3 is 5.32 Å². The smallest absolute Gasteiger partial charge is 0.252 e. The largest absolute Gasteiger partial charge is 0.352 e. The van der Waals surface area contributed by atoms with Crippen LogP contribution in [-0.2, 0) is 6.42 Å². The maximum absolute atomic E-state index is 13.3. The third-order valence-corrected chi connectivity index (χ3v) is 6.00. The number of thiazole rings is 1. The highest BCUT2D eigenvalue weighted by Crippen LogP contribution is 2.29. The van der Waals surface area contributed by atoms with Crippen LogP contribution in [0.2, 0.25) is 0 Å². The molecule has 2 heterocycles. The van der Waals surface area contributed by atoms with Gasteiger partial charge in [-0.2, -0.15) is 0 Å². The highest BCUT2D eigenvalue weighted by molar-refractivity contribution is 9.10. The number of amides is 1.